The molecule has 3 nitrogen and oxygen atoms in total. The average molecular weight is 294 g/mol. The summed E-state index contributed by atoms with van der Waals surface area (Å²) >= 11 is 0. The number of methoxy groups -OCH3 is 2. The molecule has 0 aliphatic rings. The monoisotopic (exact) mass is 294 g/mol. The molecule has 0 saturated carbocycles. The molecular weight excluding hydrogens is 264 g/mol. The minimum Gasteiger partial charge on any atom is -0.507 e. The van der Waals surface area contributed by atoms with E-state index in [2.05, 4.69) is 46.8 Å². The molecule has 120 valence electrons. The topological polar surface area (TPSA) is 38.7 Å². The molecule has 0 unspecified atom stereocenters. The minimum atomic E-state index is 0.0247. The van der Waals surface area contributed by atoms with Gasteiger partial charge in [0, 0.05) is 25.3 Å². The van der Waals surface area contributed by atoms with E-state index in [0.717, 1.165) is 17.5 Å². The minimum absolute atomic E-state index is 0.0247. The summed E-state index contributed by atoms with van der Waals surface area (Å²) in [5.41, 5.74) is 3.13. The Balaban J connectivity index is 3.28. The van der Waals surface area contributed by atoms with Crippen LogP contribution in [0.3, 0.4) is 0 Å². The second-order valence-electron chi connectivity index (χ2n) is 7.63. The summed E-state index contributed by atoms with van der Waals surface area (Å²) in [6.45, 7) is 12.1. The van der Waals surface area contributed by atoms with Gasteiger partial charge in [-0.15, -0.1) is 0 Å². The van der Waals surface area contributed by atoms with Gasteiger partial charge in [-0.2, -0.15) is 0 Å². The summed E-state index contributed by atoms with van der Waals surface area (Å²) < 4.78 is 10.4. The molecule has 0 fully saturated rings. The van der Waals surface area contributed by atoms with Gasteiger partial charge < -0.3 is 14.6 Å². The van der Waals surface area contributed by atoms with Crippen molar-refractivity contribution in [2.75, 3.05) is 14.2 Å². The highest BCUT2D eigenvalue weighted by atomic mass is 16.5. The fourth-order valence-corrected chi connectivity index (χ4v) is 3.11. The van der Waals surface area contributed by atoms with Crippen molar-refractivity contribution in [3.8, 4) is 5.75 Å². The van der Waals surface area contributed by atoms with Gasteiger partial charge in [0.1, 0.15) is 5.75 Å². The summed E-state index contributed by atoms with van der Waals surface area (Å²) in [4.78, 5) is 0. The zero-order valence-electron chi connectivity index (χ0n) is 14.5. The van der Waals surface area contributed by atoms with Gasteiger partial charge in [0.2, 0.25) is 0 Å². The van der Waals surface area contributed by atoms with Crippen molar-refractivity contribution in [1.29, 1.82) is 0 Å². The quantitative estimate of drug-likeness (QED) is 0.845. The molecule has 0 aromatic heterocycles. The highest BCUT2D eigenvalue weighted by Crippen LogP contribution is 2.39. The zero-order valence-corrected chi connectivity index (χ0v) is 14.5. The largest absolute Gasteiger partial charge is 0.507 e. The molecule has 21 heavy (non-hydrogen) atoms. The van der Waals surface area contributed by atoms with Crippen LogP contribution in [0.2, 0.25) is 0 Å². The summed E-state index contributed by atoms with van der Waals surface area (Å²) in [6, 6.07) is 4.12. The first-order valence-electron chi connectivity index (χ1n) is 7.44. The molecule has 0 radical (unpaired) electrons. The second-order valence-corrected chi connectivity index (χ2v) is 7.63. The lowest BCUT2D eigenvalue weighted by molar-refractivity contribution is 0.174. The highest BCUT2D eigenvalue weighted by Gasteiger charge is 2.28. The molecular formula is C18H30O3. The standard InChI is InChI=1S/C18H30O3/c1-17(2,3)12-18(4,5)15-8-13(10-20-6)16(19)14(9-15)11-21-7/h8-9,19H,10-12H2,1-7H3. The molecule has 1 N–H and O–H groups in total. The lowest BCUT2D eigenvalue weighted by Gasteiger charge is -2.33. The molecule has 0 amide bonds. The Morgan fingerprint density at radius 2 is 1.33 bits per heavy atom. The molecule has 0 saturated heterocycles. The van der Waals surface area contributed by atoms with E-state index in [9.17, 15) is 5.11 Å². The van der Waals surface area contributed by atoms with E-state index >= 15 is 0 Å². The van der Waals surface area contributed by atoms with Crippen molar-refractivity contribution in [1.82, 2.24) is 0 Å². The zero-order chi connectivity index (χ0) is 16.3. The van der Waals surface area contributed by atoms with E-state index in [1.54, 1.807) is 14.2 Å². The smallest absolute Gasteiger partial charge is 0.126 e. The first kappa shape index (κ1) is 18.0. The number of hydrogen-bond donors (Lipinski definition) is 1. The lowest BCUT2D eigenvalue weighted by Crippen LogP contribution is -2.25. The van der Waals surface area contributed by atoms with E-state index in [1.807, 2.05) is 0 Å². The van der Waals surface area contributed by atoms with Crippen LogP contribution in [0.1, 0.15) is 57.7 Å². The first-order chi connectivity index (χ1) is 9.60. The van der Waals surface area contributed by atoms with Gasteiger partial charge in [0.05, 0.1) is 13.2 Å². The van der Waals surface area contributed by atoms with Gasteiger partial charge in [-0.1, -0.05) is 34.6 Å². The van der Waals surface area contributed by atoms with Crippen molar-refractivity contribution < 1.29 is 14.6 Å². The fourth-order valence-electron chi connectivity index (χ4n) is 3.11. The third-order valence-corrected chi connectivity index (χ3v) is 3.62. The normalized spacial score (nSPS) is 12.7. The number of phenolic OH excluding ortho intramolecular Hbond substituents is 1. The average Bonchev–Trinajstić information content (AvgIpc) is 2.31. The Morgan fingerprint density at radius 1 is 0.905 bits per heavy atom. The highest BCUT2D eigenvalue weighted by molar-refractivity contribution is 5.45. The number of ether oxygens (including phenoxy) is 2. The van der Waals surface area contributed by atoms with Crippen molar-refractivity contribution in [3.63, 3.8) is 0 Å². The van der Waals surface area contributed by atoms with Gasteiger partial charge in [-0.25, -0.2) is 0 Å². The Kier molecular flexibility index (Phi) is 5.83. The summed E-state index contributed by atoms with van der Waals surface area (Å²) in [5.74, 6) is 0.286. The number of hydrogen-bond acceptors (Lipinski definition) is 3. The molecule has 1 aromatic carbocycles. The maximum absolute atomic E-state index is 10.3. The molecule has 0 atom stereocenters. The van der Waals surface area contributed by atoms with E-state index < -0.39 is 0 Å². The van der Waals surface area contributed by atoms with Crippen LogP contribution >= 0.6 is 0 Å². The first-order valence-corrected chi connectivity index (χ1v) is 7.44. The maximum atomic E-state index is 10.3. The van der Waals surface area contributed by atoms with Crippen LogP contribution in [0.5, 0.6) is 5.75 Å². The third kappa shape index (κ3) is 5.01. The van der Waals surface area contributed by atoms with Gasteiger partial charge in [-0.3, -0.25) is 0 Å². The van der Waals surface area contributed by atoms with E-state index in [4.69, 9.17) is 9.47 Å². The van der Waals surface area contributed by atoms with Crippen molar-refractivity contribution in [2.45, 2.75) is 59.7 Å². The Labute approximate surface area is 129 Å². The Hall–Kier alpha value is -1.06. The Bertz CT molecular complexity index is 443. The number of rotatable bonds is 6. The van der Waals surface area contributed by atoms with E-state index in [0.29, 0.717) is 13.2 Å². The number of benzene rings is 1. The second kappa shape index (κ2) is 6.80. The molecule has 0 aliphatic carbocycles. The van der Waals surface area contributed by atoms with Crippen LogP contribution < -0.4 is 0 Å². The van der Waals surface area contributed by atoms with E-state index in [1.165, 1.54) is 5.56 Å². The van der Waals surface area contributed by atoms with Crippen LogP contribution in [0.25, 0.3) is 0 Å². The van der Waals surface area contributed by atoms with Gasteiger partial charge in [0.15, 0.2) is 0 Å². The van der Waals surface area contributed by atoms with Gasteiger partial charge in [0.25, 0.3) is 0 Å². The molecule has 1 aromatic rings. The van der Waals surface area contributed by atoms with E-state index in [-0.39, 0.29) is 16.6 Å². The van der Waals surface area contributed by atoms with Crippen LogP contribution in [0, 0.1) is 5.41 Å². The number of phenols is 1. The van der Waals surface area contributed by atoms with Crippen LogP contribution in [-0.4, -0.2) is 19.3 Å². The van der Waals surface area contributed by atoms with Crippen LogP contribution in [0.15, 0.2) is 12.1 Å². The van der Waals surface area contributed by atoms with Gasteiger partial charge in [-0.05, 0) is 34.9 Å². The summed E-state index contributed by atoms with van der Waals surface area (Å²) in [6.07, 6.45) is 1.06. The van der Waals surface area contributed by atoms with Crippen molar-refractivity contribution >= 4 is 0 Å². The molecule has 0 aliphatic heterocycles. The number of aromatic hydroxyl groups is 1. The fraction of sp³-hybridized carbons (Fsp3) is 0.667. The van der Waals surface area contributed by atoms with Gasteiger partial charge >= 0.3 is 0 Å². The molecule has 0 heterocycles. The lowest BCUT2D eigenvalue weighted by atomic mass is 9.71. The van der Waals surface area contributed by atoms with Crippen LogP contribution in [-0.2, 0) is 28.1 Å². The Morgan fingerprint density at radius 3 is 1.67 bits per heavy atom. The predicted molar refractivity (Wildman–Crippen MR) is 86.6 cm³/mol. The molecule has 0 bridgehead atoms. The molecule has 3 heteroatoms. The van der Waals surface area contributed by atoms with Crippen molar-refractivity contribution in [2.24, 2.45) is 5.41 Å². The summed E-state index contributed by atoms with van der Waals surface area (Å²) in [7, 11) is 3.28. The predicted octanol–water partition coefficient (Wildman–Crippen LogP) is 4.40. The SMILES string of the molecule is COCc1cc(C(C)(C)CC(C)(C)C)cc(COC)c1O. The molecule has 1 rings (SSSR count). The molecule has 0 spiro atoms. The maximum Gasteiger partial charge on any atom is 0.126 e. The van der Waals surface area contributed by atoms with Crippen molar-refractivity contribution in [3.05, 3.63) is 28.8 Å². The van der Waals surface area contributed by atoms with Crippen LogP contribution in [0.4, 0.5) is 0 Å². The third-order valence-electron chi connectivity index (χ3n) is 3.62. The summed E-state index contributed by atoms with van der Waals surface area (Å²) in [5, 5.41) is 10.3.